The maximum Gasteiger partial charge on any atom is 0.433 e. The fraction of sp³-hybridized carbons (Fsp3) is 0.435. The molecule has 0 aliphatic heterocycles. The van der Waals surface area contributed by atoms with Crippen molar-refractivity contribution in [2.45, 2.75) is 44.8 Å². The van der Waals surface area contributed by atoms with Crippen LogP contribution in [0.25, 0.3) is 16.9 Å². The highest BCUT2D eigenvalue weighted by molar-refractivity contribution is 6.00. The van der Waals surface area contributed by atoms with E-state index in [-0.39, 0.29) is 22.9 Å². The lowest BCUT2D eigenvalue weighted by Crippen LogP contribution is -2.40. The summed E-state index contributed by atoms with van der Waals surface area (Å²) in [6.45, 7) is 1.99. The Morgan fingerprint density at radius 1 is 1.19 bits per heavy atom. The van der Waals surface area contributed by atoms with Crippen molar-refractivity contribution in [3.63, 3.8) is 0 Å². The van der Waals surface area contributed by atoms with Crippen LogP contribution in [0.15, 0.2) is 42.6 Å². The number of rotatable bonds is 4. The van der Waals surface area contributed by atoms with Crippen LogP contribution in [-0.4, -0.2) is 26.5 Å². The molecular weight excluding hydrogens is 405 g/mol. The Kier molecular flexibility index (Phi) is 4.75. The van der Waals surface area contributed by atoms with E-state index in [1.54, 1.807) is 30.3 Å². The number of alkyl halides is 3. The fourth-order valence-electron chi connectivity index (χ4n) is 5.38. The maximum absolute atomic E-state index is 13.7. The van der Waals surface area contributed by atoms with Gasteiger partial charge in [-0.15, -0.1) is 0 Å². The average molecular weight is 428 g/mol. The van der Waals surface area contributed by atoms with Gasteiger partial charge in [0.1, 0.15) is 5.56 Å². The first-order valence-electron chi connectivity index (χ1n) is 10.6. The molecule has 162 valence electrons. The Morgan fingerprint density at radius 2 is 1.97 bits per heavy atom. The lowest BCUT2D eigenvalue weighted by atomic mass is 9.84. The lowest BCUT2D eigenvalue weighted by molar-refractivity contribution is -0.142. The second-order valence-electron chi connectivity index (χ2n) is 8.78. The van der Waals surface area contributed by atoms with Crippen molar-refractivity contribution in [3.8, 4) is 11.3 Å². The van der Waals surface area contributed by atoms with Gasteiger partial charge in [-0.25, -0.2) is 9.50 Å². The summed E-state index contributed by atoms with van der Waals surface area (Å²) < 4.78 is 41.9. The van der Waals surface area contributed by atoms with Gasteiger partial charge >= 0.3 is 6.18 Å². The zero-order valence-corrected chi connectivity index (χ0v) is 17.1. The van der Waals surface area contributed by atoms with Crippen LogP contribution in [0.4, 0.5) is 13.2 Å². The number of halogens is 3. The molecule has 5 rings (SSSR count). The van der Waals surface area contributed by atoms with Gasteiger partial charge in [0.15, 0.2) is 11.3 Å². The number of fused-ring (bicyclic) bond motifs is 3. The van der Waals surface area contributed by atoms with Crippen LogP contribution in [0.2, 0.25) is 0 Å². The summed E-state index contributed by atoms with van der Waals surface area (Å²) >= 11 is 0. The maximum atomic E-state index is 13.7. The van der Waals surface area contributed by atoms with Crippen LogP contribution < -0.4 is 5.32 Å². The van der Waals surface area contributed by atoms with Crippen molar-refractivity contribution in [2.75, 3.05) is 0 Å². The van der Waals surface area contributed by atoms with Gasteiger partial charge in [0.2, 0.25) is 0 Å². The van der Waals surface area contributed by atoms with Gasteiger partial charge < -0.3 is 5.32 Å². The summed E-state index contributed by atoms with van der Waals surface area (Å²) in [5.74, 6) is 1.36. The van der Waals surface area contributed by atoms with Gasteiger partial charge in [-0.3, -0.25) is 4.79 Å². The topological polar surface area (TPSA) is 59.3 Å². The highest BCUT2D eigenvalue weighted by Gasteiger charge is 2.42. The molecule has 8 heteroatoms. The van der Waals surface area contributed by atoms with Crippen LogP contribution in [0.5, 0.6) is 0 Å². The van der Waals surface area contributed by atoms with E-state index in [0.29, 0.717) is 21.9 Å². The smallest absolute Gasteiger partial charge is 0.349 e. The van der Waals surface area contributed by atoms with Gasteiger partial charge in [0.05, 0.1) is 11.9 Å². The monoisotopic (exact) mass is 428 g/mol. The average Bonchev–Trinajstić information content (AvgIpc) is 3.48. The number of carbonyl (C=O) groups excluding carboxylic acids is 1. The summed E-state index contributed by atoms with van der Waals surface area (Å²) in [5, 5.41) is 6.86. The summed E-state index contributed by atoms with van der Waals surface area (Å²) in [6, 6.07) is 9.54. The molecule has 2 aliphatic rings. The van der Waals surface area contributed by atoms with Crippen LogP contribution >= 0.6 is 0 Å². The van der Waals surface area contributed by atoms with E-state index in [0.717, 1.165) is 18.4 Å². The zero-order chi connectivity index (χ0) is 21.8. The van der Waals surface area contributed by atoms with Crippen LogP contribution in [0.3, 0.4) is 0 Å². The lowest BCUT2D eigenvalue weighted by Gasteiger charge is -2.28. The van der Waals surface area contributed by atoms with Crippen molar-refractivity contribution in [2.24, 2.45) is 17.8 Å². The SMILES string of the molecule is C[C@H](NC(=O)c1cnn2c(C(F)(F)F)cc(-c3ccccc3)nc12)[C@H]1C[C@@H]2CC[C@@H]1C2. The quantitative estimate of drug-likeness (QED) is 0.638. The number of hydrogen-bond donors (Lipinski definition) is 1. The molecule has 0 unspecified atom stereocenters. The summed E-state index contributed by atoms with van der Waals surface area (Å²) in [4.78, 5) is 17.4. The Hall–Kier alpha value is -2.90. The molecule has 2 fully saturated rings. The van der Waals surface area contributed by atoms with E-state index in [1.165, 1.54) is 25.5 Å². The molecule has 2 saturated carbocycles. The molecule has 2 heterocycles. The second-order valence-corrected chi connectivity index (χ2v) is 8.78. The molecule has 3 aromatic rings. The molecule has 31 heavy (non-hydrogen) atoms. The Balaban J connectivity index is 1.51. The van der Waals surface area contributed by atoms with E-state index in [2.05, 4.69) is 15.4 Å². The molecular formula is C23H23F3N4O. The first-order valence-corrected chi connectivity index (χ1v) is 10.6. The largest absolute Gasteiger partial charge is 0.433 e. The van der Waals surface area contributed by atoms with Crippen molar-refractivity contribution in [3.05, 3.63) is 53.9 Å². The van der Waals surface area contributed by atoms with Gasteiger partial charge in [0.25, 0.3) is 5.91 Å². The summed E-state index contributed by atoms with van der Waals surface area (Å²) in [5.41, 5.74) is -0.310. The number of aromatic nitrogens is 3. The Morgan fingerprint density at radius 3 is 2.61 bits per heavy atom. The van der Waals surface area contributed by atoms with Gasteiger partial charge in [-0.1, -0.05) is 36.8 Å². The van der Waals surface area contributed by atoms with Crippen molar-refractivity contribution < 1.29 is 18.0 Å². The molecule has 0 saturated heterocycles. The van der Waals surface area contributed by atoms with Crippen molar-refractivity contribution in [1.29, 1.82) is 0 Å². The summed E-state index contributed by atoms with van der Waals surface area (Å²) in [7, 11) is 0. The van der Waals surface area contributed by atoms with Crippen molar-refractivity contribution in [1.82, 2.24) is 19.9 Å². The molecule has 2 aromatic heterocycles. The highest BCUT2D eigenvalue weighted by Crippen LogP contribution is 2.49. The number of nitrogens with zero attached hydrogens (tertiary/aromatic N) is 3. The Labute approximate surface area is 177 Å². The predicted octanol–water partition coefficient (Wildman–Crippen LogP) is 4.97. The number of hydrogen-bond acceptors (Lipinski definition) is 3. The van der Waals surface area contributed by atoms with E-state index in [1.807, 2.05) is 6.92 Å². The molecule has 2 aliphatic carbocycles. The standard InChI is InChI=1S/C23H23F3N4O/c1-13(17-10-14-7-8-16(17)9-14)28-22(31)18-12-27-30-20(23(24,25)26)11-19(29-21(18)30)15-5-3-2-4-6-15/h2-6,11-14,16-17H,7-10H2,1H3,(H,28,31)/t13-,14+,16+,17+/m0/s1. The van der Waals surface area contributed by atoms with Gasteiger partial charge in [-0.05, 0) is 50.0 Å². The first-order chi connectivity index (χ1) is 14.8. The molecule has 0 radical (unpaired) electrons. The minimum absolute atomic E-state index is 0.0443. The zero-order valence-electron chi connectivity index (χ0n) is 17.1. The molecule has 4 atom stereocenters. The molecule has 1 amide bonds. The fourth-order valence-corrected chi connectivity index (χ4v) is 5.38. The van der Waals surface area contributed by atoms with E-state index >= 15 is 0 Å². The number of carbonyl (C=O) groups is 1. The molecule has 1 N–H and O–H groups in total. The third-order valence-corrected chi connectivity index (χ3v) is 6.87. The predicted molar refractivity (Wildman–Crippen MR) is 109 cm³/mol. The van der Waals surface area contributed by atoms with Gasteiger partial charge in [0, 0.05) is 11.6 Å². The second kappa shape index (κ2) is 7.35. The first kappa shape index (κ1) is 20.0. The third-order valence-electron chi connectivity index (χ3n) is 6.87. The minimum atomic E-state index is -4.64. The Bertz CT molecular complexity index is 1130. The number of nitrogens with one attached hydrogen (secondary N) is 1. The minimum Gasteiger partial charge on any atom is -0.349 e. The summed E-state index contributed by atoms with van der Waals surface area (Å²) in [6.07, 6.45) is 1.33. The molecule has 5 nitrogen and oxygen atoms in total. The number of amides is 1. The van der Waals surface area contributed by atoms with Crippen LogP contribution in [0.1, 0.15) is 48.7 Å². The van der Waals surface area contributed by atoms with E-state index in [9.17, 15) is 18.0 Å². The van der Waals surface area contributed by atoms with Crippen molar-refractivity contribution >= 4 is 11.6 Å². The number of benzene rings is 1. The third kappa shape index (κ3) is 3.58. The van der Waals surface area contributed by atoms with Gasteiger partial charge in [-0.2, -0.15) is 18.3 Å². The molecule has 1 aromatic carbocycles. The molecule has 2 bridgehead atoms. The van der Waals surface area contributed by atoms with E-state index < -0.39 is 17.8 Å². The van der Waals surface area contributed by atoms with Crippen LogP contribution in [-0.2, 0) is 6.18 Å². The van der Waals surface area contributed by atoms with E-state index in [4.69, 9.17) is 0 Å². The normalized spacial score (nSPS) is 23.9. The highest BCUT2D eigenvalue weighted by atomic mass is 19.4. The molecule has 0 spiro atoms. The van der Waals surface area contributed by atoms with Crippen LogP contribution in [0, 0.1) is 17.8 Å².